The van der Waals surface area contributed by atoms with Crippen LogP contribution in [-0.4, -0.2) is 30.1 Å². The van der Waals surface area contributed by atoms with Gasteiger partial charge in [-0.25, -0.2) is 4.98 Å². The highest BCUT2D eigenvalue weighted by Gasteiger charge is 2.37. The lowest BCUT2D eigenvalue weighted by atomic mass is 9.77. The van der Waals surface area contributed by atoms with Crippen LogP contribution >= 0.6 is 23.2 Å². The molecule has 1 aliphatic heterocycles. The summed E-state index contributed by atoms with van der Waals surface area (Å²) in [7, 11) is 1.50. The second-order valence-corrected chi connectivity index (χ2v) is 8.24. The molecule has 2 fully saturated rings. The van der Waals surface area contributed by atoms with Crippen molar-refractivity contribution in [1.82, 2.24) is 9.97 Å². The van der Waals surface area contributed by atoms with Gasteiger partial charge in [-0.1, -0.05) is 62.0 Å². The normalized spacial score (nSPS) is 17.3. The third-order valence-electron chi connectivity index (χ3n) is 5.95. The van der Waals surface area contributed by atoms with Crippen molar-refractivity contribution in [2.45, 2.75) is 59.3 Å². The summed E-state index contributed by atoms with van der Waals surface area (Å²) in [5, 5.41) is 1.08. The quantitative estimate of drug-likeness (QED) is 0.581. The molecule has 2 heterocycles. The Morgan fingerprint density at radius 3 is 2.21 bits per heavy atom. The van der Waals surface area contributed by atoms with Gasteiger partial charge in [-0.2, -0.15) is 0 Å². The van der Waals surface area contributed by atoms with E-state index in [4.69, 9.17) is 28.2 Å². The number of aryl methyl sites for hydroxylation is 1. The van der Waals surface area contributed by atoms with Crippen LogP contribution in [0.5, 0.6) is 0 Å². The standard InChI is InChI=1S/C20H23Cl2N3.C2H6.CH5N/c1-14-19(15-5-4-6-16(21)18(15)22)23-13-17(24-14)25-11-9-20(10-12-25)7-2-3-8-20;2*1-2/h4-6,13H,2-3,7-12H2,1H3;1-2H3;2H2,1H3. The number of nitrogens with two attached hydrogens (primary N) is 1. The highest BCUT2D eigenvalue weighted by Crippen LogP contribution is 2.46. The Morgan fingerprint density at radius 2 is 1.62 bits per heavy atom. The minimum Gasteiger partial charge on any atom is -0.355 e. The number of hydrogen-bond acceptors (Lipinski definition) is 4. The summed E-state index contributed by atoms with van der Waals surface area (Å²) < 4.78 is 0. The first-order chi connectivity index (χ1) is 14.1. The number of halogens is 2. The van der Waals surface area contributed by atoms with Crippen LogP contribution in [0.2, 0.25) is 10.0 Å². The zero-order valence-electron chi connectivity index (χ0n) is 18.1. The maximum atomic E-state index is 6.35. The molecule has 2 aliphatic rings. The first-order valence-electron chi connectivity index (χ1n) is 10.7. The molecule has 4 rings (SSSR count). The van der Waals surface area contributed by atoms with E-state index >= 15 is 0 Å². The molecule has 0 unspecified atom stereocenters. The Morgan fingerprint density at radius 1 is 1.00 bits per heavy atom. The van der Waals surface area contributed by atoms with Crippen molar-refractivity contribution < 1.29 is 0 Å². The van der Waals surface area contributed by atoms with Gasteiger partial charge >= 0.3 is 0 Å². The first-order valence-corrected chi connectivity index (χ1v) is 11.4. The lowest BCUT2D eigenvalue weighted by Crippen LogP contribution is -2.39. The fraction of sp³-hybridized carbons (Fsp3) is 0.565. The van der Waals surface area contributed by atoms with E-state index in [1.807, 2.05) is 39.1 Å². The summed E-state index contributed by atoms with van der Waals surface area (Å²) in [5.74, 6) is 0.979. The smallest absolute Gasteiger partial charge is 0.147 e. The van der Waals surface area contributed by atoms with Crippen LogP contribution in [0, 0.1) is 12.3 Å². The predicted octanol–water partition coefficient (Wildman–Crippen LogP) is 6.52. The van der Waals surface area contributed by atoms with E-state index in [9.17, 15) is 0 Å². The van der Waals surface area contributed by atoms with Crippen molar-refractivity contribution in [2.75, 3.05) is 25.0 Å². The molecule has 1 aromatic carbocycles. The molecule has 2 N–H and O–H groups in total. The molecule has 1 aromatic heterocycles. The van der Waals surface area contributed by atoms with Crippen molar-refractivity contribution >= 4 is 29.0 Å². The maximum absolute atomic E-state index is 6.35. The Labute approximate surface area is 185 Å². The summed E-state index contributed by atoms with van der Waals surface area (Å²) in [6.45, 7) is 8.17. The number of benzene rings is 1. The van der Waals surface area contributed by atoms with Crippen LogP contribution < -0.4 is 10.6 Å². The molecule has 1 saturated carbocycles. The van der Waals surface area contributed by atoms with E-state index in [-0.39, 0.29) is 0 Å². The summed E-state index contributed by atoms with van der Waals surface area (Å²) in [4.78, 5) is 11.9. The van der Waals surface area contributed by atoms with Crippen LogP contribution in [-0.2, 0) is 0 Å². The molecule has 0 atom stereocenters. The minimum absolute atomic E-state index is 0.537. The van der Waals surface area contributed by atoms with Crippen molar-refractivity contribution in [3.63, 3.8) is 0 Å². The average Bonchev–Trinajstić information content (AvgIpc) is 3.22. The van der Waals surface area contributed by atoms with Crippen LogP contribution in [0.25, 0.3) is 11.3 Å². The molecule has 2 aromatic rings. The van der Waals surface area contributed by atoms with Gasteiger partial charge < -0.3 is 10.6 Å². The fourth-order valence-electron chi connectivity index (χ4n) is 4.41. The molecule has 0 bridgehead atoms. The lowest BCUT2D eigenvalue weighted by Gasteiger charge is -2.39. The fourth-order valence-corrected chi connectivity index (χ4v) is 4.80. The topological polar surface area (TPSA) is 55.0 Å². The SMILES string of the molecule is CC.CN.Cc1nc(N2CCC3(CCCC3)CC2)cnc1-c1cccc(Cl)c1Cl. The van der Waals surface area contributed by atoms with Crippen LogP contribution in [0.15, 0.2) is 24.4 Å². The molecular weight excluding hydrogens is 403 g/mol. The van der Waals surface area contributed by atoms with E-state index in [0.717, 1.165) is 35.9 Å². The van der Waals surface area contributed by atoms with E-state index in [1.165, 1.54) is 45.6 Å². The predicted molar refractivity (Wildman–Crippen MR) is 126 cm³/mol. The van der Waals surface area contributed by atoms with Gasteiger partial charge in [0.1, 0.15) is 5.82 Å². The summed E-state index contributed by atoms with van der Waals surface area (Å²) in [6.07, 6.45) is 10.1. The summed E-state index contributed by atoms with van der Waals surface area (Å²) in [5.41, 5.74) is 7.66. The van der Waals surface area contributed by atoms with Gasteiger partial charge in [0.25, 0.3) is 0 Å². The molecular formula is C23H34Cl2N4. The molecule has 1 aliphatic carbocycles. The Bertz CT molecular complexity index is 778. The van der Waals surface area contributed by atoms with Crippen molar-refractivity contribution in [1.29, 1.82) is 0 Å². The van der Waals surface area contributed by atoms with Gasteiger partial charge in [-0.15, -0.1) is 0 Å². The molecule has 1 spiro atoms. The summed E-state index contributed by atoms with van der Waals surface area (Å²) >= 11 is 12.5. The van der Waals surface area contributed by atoms with E-state index in [2.05, 4.69) is 15.6 Å². The summed E-state index contributed by atoms with van der Waals surface area (Å²) in [6, 6.07) is 5.62. The maximum Gasteiger partial charge on any atom is 0.147 e. The number of piperidine rings is 1. The molecule has 0 radical (unpaired) electrons. The van der Waals surface area contributed by atoms with Crippen LogP contribution in [0.1, 0.15) is 58.1 Å². The Balaban J connectivity index is 0.000000707. The van der Waals surface area contributed by atoms with Gasteiger partial charge in [0, 0.05) is 18.7 Å². The number of hydrogen-bond donors (Lipinski definition) is 1. The van der Waals surface area contributed by atoms with Gasteiger partial charge in [-0.3, -0.25) is 4.98 Å². The monoisotopic (exact) mass is 436 g/mol. The molecule has 1 saturated heterocycles. The van der Waals surface area contributed by atoms with Gasteiger partial charge in [-0.05, 0) is 51.1 Å². The average molecular weight is 437 g/mol. The second kappa shape index (κ2) is 11.1. The van der Waals surface area contributed by atoms with Gasteiger partial charge in [0.2, 0.25) is 0 Å². The van der Waals surface area contributed by atoms with Gasteiger partial charge in [0.15, 0.2) is 0 Å². The number of nitrogens with zero attached hydrogens (tertiary/aromatic N) is 3. The second-order valence-electron chi connectivity index (χ2n) is 7.46. The molecule has 0 amide bonds. The first kappa shape index (κ1) is 23.9. The van der Waals surface area contributed by atoms with Crippen molar-refractivity contribution in [2.24, 2.45) is 11.1 Å². The third-order valence-corrected chi connectivity index (χ3v) is 6.77. The van der Waals surface area contributed by atoms with Crippen LogP contribution in [0.3, 0.4) is 0 Å². The molecule has 160 valence electrons. The third kappa shape index (κ3) is 5.42. The van der Waals surface area contributed by atoms with Gasteiger partial charge in [0.05, 0.1) is 27.6 Å². The largest absolute Gasteiger partial charge is 0.355 e. The van der Waals surface area contributed by atoms with E-state index in [0.29, 0.717) is 15.5 Å². The number of anilines is 1. The molecule has 29 heavy (non-hydrogen) atoms. The Kier molecular flexibility index (Phi) is 9.19. The van der Waals surface area contributed by atoms with E-state index in [1.54, 1.807) is 6.07 Å². The van der Waals surface area contributed by atoms with Crippen molar-refractivity contribution in [3.8, 4) is 11.3 Å². The number of aromatic nitrogens is 2. The molecule has 6 heteroatoms. The molecule has 4 nitrogen and oxygen atoms in total. The zero-order chi connectivity index (χ0) is 21.4. The van der Waals surface area contributed by atoms with E-state index < -0.39 is 0 Å². The van der Waals surface area contributed by atoms with Crippen LogP contribution in [0.4, 0.5) is 5.82 Å². The van der Waals surface area contributed by atoms with Crippen molar-refractivity contribution in [3.05, 3.63) is 40.1 Å². The lowest BCUT2D eigenvalue weighted by molar-refractivity contribution is 0.226. The minimum atomic E-state index is 0.537. The highest BCUT2D eigenvalue weighted by molar-refractivity contribution is 6.43. The zero-order valence-corrected chi connectivity index (χ0v) is 19.7. The Hall–Kier alpha value is -1.36. The number of rotatable bonds is 2. The highest BCUT2D eigenvalue weighted by atomic mass is 35.5.